The van der Waals surface area contributed by atoms with Crippen molar-refractivity contribution >= 4 is 16.7 Å². The lowest BCUT2D eigenvalue weighted by molar-refractivity contribution is -0.385. The zero-order valence-electron chi connectivity index (χ0n) is 12.5. The van der Waals surface area contributed by atoms with Gasteiger partial charge in [0.1, 0.15) is 17.2 Å². The first-order chi connectivity index (χ1) is 11.0. The third-order valence-electron chi connectivity index (χ3n) is 4.41. The van der Waals surface area contributed by atoms with Gasteiger partial charge in [-0.1, -0.05) is 0 Å². The van der Waals surface area contributed by atoms with Crippen LogP contribution < -0.4 is 0 Å². The average Bonchev–Trinajstić information content (AvgIpc) is 3.32. The van der Waals surface area contributed by atoms with Gasteiger partial charge in [0.25, 0.3) is 5.69 Å². The number of aryl methyl sites for hydroxylation is 1. The highest BCUT2D eigenvalue weighted by atomic mass is 19.1. The van der Waals surface area contributed by atoms with Crippen LogP contribution in [0.3, 0.4) is 0 Å². The van der Waals surface area contributed by atoms with Crippen molar-refractivity contribution in [3.8, 4) is 11.3 Å². The topological polar surface area (TPSA) is 56.3 Å². The molecule has 0 radical (unpaired) electrons. The van der Waals surface area contributed by atoms with Gasteiger partial charge in [-0.05, 0) is 56.0 Å². The maximum atomic E-state index is 13.1. The van der Waals surface area contributed by atoms with Gasteiger partial charge in [0, 0.05) is 22.1 Å². The van der Waals surface area contributed by atoms with E-state index in [0.29, 0.717) is 11.3 Å². The molecule has 0 spiro atoms. The quantitative estimate of drug-likeness (QED) is 0.485. The van der Waals surface area contributed by atoms with Crippen molar-refractivity contribution in [3.63, 3.8) is 0 Å². The summed E-state index contributed by atoms with van der Waals surface area (Å²) in [6.45, 7) is 1.92. The molecule has 23 heavy (non-hydrogen) atoms. The molecule has 2 aromatic carbocycles. The number of nitro benzene ring substituents is 1. The van der Waals surface area contributed by atoms with E-state index >= 15 is 0 Å². The number of fused-ring (bicyclic) bond motifs is 1. The van der Waals surface area contributed by atoms with Gasteiger partial charge >= 0.3 is 0 Å². The lowest BCUT2D eigenvalue weighted by Gasteiger charge is -2.01. The van der Waals surface area contributed by atoms with E-state index in [2.05, 4.69) is 0 Å². The highest BCUT2D eigenvalue weighted by molar-refractivity contribution is 5.90. The number of rotatable bonds is 3. The Morgan fingerprint density at radius 2 is 1.91 bits per heavy atom. The molecule has 1 fully saturated rings. The monoisotopic (exact) mass is 311 g/mol. The summed E-state index contributed by atoms with van der Waals surface area (Å²) in [5.41, 5.74) is 3.09. The molecule has 1 aliphatic carbocycles. The van der Waals surface area contributed by atoms with Crippen molar-refractivity contribution in [3.05, 3.63) is 63.5 Å². The summed E-state index contributed by atoms with van der Waals surface area (Å²) in [5, 5.41) is 12.2. The van der Waals surface area contributed by atoms with Crippen LogP contribution in [0.25, 0.3) is 22.3 Å². The molecule has 0 amide bonds. The highest BCUT2D eigenvalue weighted by Crippen LogP contribution is 2.46. The molecule has 0 aliphatic heterocycles. The normalized spacial score (nSPS) is 14.3. The zero-order valence-corrected chi connectivity index (χ0v) is 12.5. The van der Waals surface area contributed by atoms with Crippen molar-refractivity contribution in [2.75, 3.05) is 0 Å². The Labute approximate surface area is 131 Å². The largest absolute Gasteiger partial charge is 0.456 e. The Balaban J connectivity index is 1.93. The Kier molecular flexibility index (Phi) is 2.98. The molecular formula is C18H14FNO3. The van der Waals surface area contributed by atoms with Gasteiger partial charge in [0.2, 0.25) is 0 Å². The van der Waals surface area contributed by atoms with Gasteiger partial charge in [-0.2, -0.15) is 0 Å². The van der Waals surface area contributed by atoms with Gasteiger partial charge in [-0.25, -0.2) is 4.39 Å². The average molecular weight is 311 g/mol. The van der Waals surface area contributed by atoms with Crippen LogP contribution in [0.2, 0.25) is 0 Å². The summed E-state index contributed by atoms with van der Waals surface area (Å²) in [6, 6.07) is 9.45. The minimum atomic E-state index is -0.345. The van der Waals surface area contributed by atoms with Crippen LogP contribution in [0.4, 0.5) is 10.1 Å². The van der Waals surface area contributed by atoms with E-state index in [0.717, 1.165) is 34.9 Å². The summed E-state index contributed by atoms with van der Waals surface area (Å²) in [7, 11) is 0. The minimum absolute atomic E-state index is 0.124. The van der Waals surface area contributed by atoms with Crippen LogP contribution in [0.15, 0.2) is 40.8 Å². The second-order valence-corrected chi connectivity index (χ2v) is 6.00. The van der Waals surface area contributed by atoms with E-state index in [1.165, 1.54) is 18.2 Å². The maximum absolute atomic E-state index is 13.1. The predicted molar refractivity (Wildman–Crippen MR) is 85.0 cm³/mol. The van der Waals surface area contributed by atoms with E-state index in [1.54, 1.807) is 12.1 Å². The number of nitrogens with zero attached hydrogens (tertiary/aromatic N) is 1. The lowest BCUT2D eigenvalue weighted by atomic mass is 10.0. The standard InChI is InChI=1S/C18H14FNO3/c1-10-14-8-15(11-2-3-11)16(20(21)22)9-17(14)23-18(10)12-4-6-13(19)7-5-12/h4-9,11H,2-3H2,1H3. The third-order valence-corrected chi connectivity index (χ3v) is 4.41. The van der Waals surface area contributed by atoms with Crippen LogP contribution in [0.5, 0.6) is 0 Å². The number of hydrogen-bond donors (Lipinski definition) is 0. The third kappa shape index (κ3) is 2.29. The Morgan fingerprint density at radius 1 is 1.22 bits per heavy atom. The van der Waals surface area contributed by atoms with Crippen LogP contribution >= 0.6 is 0 Å². The molecule has 1 heterocycles. The van der Waals surface area contributed by atoms with Crippen molar-refractivity contribution in [1.29, 1.82) is 0 Å². The number of furan rings is 1. The molecule has 116 valence electrons. The molecule has 0 N–H and O–H groups in total. The van der Waals surface area contributed by atoms with Gasteiger partial charge in [0.05, 0.1) is 11.0 Å². The summed E-state index contributed by atoms with van der Waals surface area (Å²) in [5.74, 6) is 0.597. The number of benzene rings is 2. The van der Waals surface area contributed by atoms with E-state index < -0.39 is 0 Å². The van der Waals surface area contributed by atoms with Crippen molar-refractivity contribution in [1.82, 2.24) is 0 Å². The van der Waals surface area contributed by atoms with E-state index in [9.17, 15) is 14.5 Å². The highest BCUT2D eigenvalue weighted by Gasteiger charge is 2.32. The second-order valence-electron chi connectivity index (χ2n) is 6.00. The summed E-state index contributed by atoms with van der Waals surface area (Å²) in [4.78, 5) is 11.0. The lowest BCUT2D eigenvalue weighted by Crippen LogP contribution is -1.93. The molecule has 1 aliphatic rings. The fourth-order valence-electron chi connectivity index (χ4n) is 3.03. The SMILES string of the molecule is Cc1c(-c2ccc(F)cc2)oc2cc([N+](=O)[O-])c(C3CC3)cc12. The zero-order chi connectivity index (χ0) is 16.1. The van der Waals surface area contributed by atoms with E-state index in [-0.39, 0.29) is 22.3 Å². The van der Waals surface area contributed by atoms with Crippen LogP contribution in [0, 0.1) is 22.9 Å². The van der Waals surface area contributed by atoms with Crippen molar-refractivity contribution < 1.29 is 13.7 Å². The molecule has 0 saturated heterocycles. The first kappa shape index (κ1) is 13.9. The maximum Gasteiger partial charge on any atom is 0.276 e. The molecule has 3 aromatic rings. The number of hydrogen-bond acceptors (Lipinski definition) is 3. The predicted octanol–water partition coefficient (Wildman–Crippen LogP) is 5.33. The summed E-state index contributed by atoms with van der Waals surface area (Å²) in [6.07, 6.45) is 1.99. The van der Waals surface area contributed by atoms with Gasteiger partial charge in [0.15, 0.2) is 0 Å². The molecule has 4 nitrogen and oxygen atoms in total. The first-order valence-corrected chi connectivity index (χ1v) is 7.52. The fraction of sp³-hybridized carbons (Fsp3) is 0.222. The smallest absolute Gasteiger partial charge is 0.276 e. The molecule has 5 heteroatoms. The van der Waals surface area contributed by atoms with Gasteiger partial charge in [-0.15, -0.1) is 0 Å². The number of halogens is 1. The van der Waals surface area contributed by atoms with E-state index in [1.807, 2.05) is 13.0 Å². The molecule has 0 bridgehead atoms. The van der Waals surface area contributed by atoms with E-state index in [4.69, 9.17) is 4.42 Å². The Morgan fingerprint density at radius 3 is 2.52 bits per heavy atom. The van der Waals surface area contributed by atoms with Crippen LogP contribution in [0.1, 0.15) is 29.9 Å². The fourth-order valence-corrected chi connectivity index (χ4v) is 3.03. The molecular weight excluding hydrogens is 297 g/mol. The molecule has 1 saturated carbocycles. The molecule has 4 rings (SSSR count). The van der Waals surface area contributed by atoms with Gasteiger partial charge in [-0.3, -0.25) is 10.1 Å². The van der Waals surface area contributed by atoms with Gasteiger partial charge < -0.3 is 4.42 Å². The first-order valence-electron chi connectivity index (χ1n) is 7.52. The molecule has 0 atom stereocenters. The van der Waals surface area contributed by atoms with Crippen molar-refractivity contribution in [2.24, 2.45) is 0 Å². The second kappa shape index (κ2) is 4.91. The number of nitro groups is 1. The molecule has 1 aromatic heterocycles. The summed E-state index contributed by atoms with van der Waals surface area (Å²) < 4.78 is 18.9. The minimum Gasteiger partial charge on any atom is -0.456 e. The molecule has 0 unspecified atom stereocenters. The van der Waals surface area contributed by atoms with Crippen LogP contribution in [-0.4, -0.2) is 4.92 Å². The van der Waals surface area contributed by atoms with Crippen molar-refractivity contribution in [2.45, 2.75) is 25.7 Å². The Bertz CT molecular complexity index is 924. The van der Waals surface area contributed by atoms with Crippen LogP contribution in [-0.2, 0) is 0 Å². The Hall–Kier alpha value is -2.69. The summed E-state index contributed by atoms with van der Waals surface area (Å²) >= 11 is 0.